The Balaban J connectivity index is 2.69. The zero-order valence-corrected chi connectivity index (χ0v) is 17.2. The van der Waals surface area contributed by atoms with Crippen molar-refractivity contribution in [1.82, 2.24) is 10.6 Å². The van der Waals surface area contributed by atoms with Crippen molar-refractivity contribution in [2.75, 3.05) is 7.11 Å². The van der Waals surface area contributed by atoms with Gasteiger partial charge in [-0.25, -0.2) is 4.79 Å². The third kappa shape index (κ3) is 6.94. The zero-order valence-electron chi connectivity index (χ0n) is 17.2. The van der Waals surface area contributed by atoms with Crippen LogP contribution in [-0.2, 0) is 19.1 Å². The molecular weight excluding hydrogens is 362 g/mol. The maximum Gasteiger partial charge on any atom is 0.328 e. The third-order valence-electron chi connectivity index (χ3n) is 4.42. The molecule has 0 fully saturated rings. The number of aliphatic hydroxyl groups excluding tert-OH is 1. The fourth-order valence-corrected chi connectivity index (χ4v) is 2.67. The molecule has 0 radical (unpaired) electrons. The number of methoxy groups -OCH3 is 1. The van der Waals surface area contributed by atoms with Gasteiger partial charge in [0.15, 0.2) is 6.10 Å². The molecule has 0 bridgehead atoms. The maximum absolute atomic E-state index is 12.4. The summed E-state index contributed by atoms with van der Waals surface area (Å²) in [5, 5.41) is 15.3. The molecule has 0 unspecified atom stereocenters. The summed E-state index contributed by atoms with van der Waals surface area (Å²) in [6, 6.07) is 4.92. The highest BCUT2D eigenvalue weighted by molar-refractivity contribution is 5.91. The molecule has 0 saturated heterocycles. The summed E-state index contributed by atoms with van der Waals surface area (Å²) < 4.78 is 4.71. The third-order valence-corrected chi connectivity index (χ3v) is 4.42. The van der Waals surface area contributed by atoms with Crippen molar-refractivity contribution >= 4 is 17.8 Å². The molecule has 0 saturated carbocycles. The van der Waals surface area contributed by atoms with Gasteiger partial charge in [0, 0.05) is 5.56 Å². The van der Waals surface area contributed by atoms with E-state index in [2.05, 4.69) is 16.4 Å². The quantitative estimate of drug-likeness (QED) is 0.432. The number of amides is 2. The maximum atomic E-state index is 12.4. The molecule has 1 rings (SSSR count). The van der Waals surface area contributed by atoms with Gasteiger partial charge in [0.25, 0.3) is 5.91 Å². The second kappa shape index (κ2) is 10.8. The lowest BCUT2D eigenvalue weighted by Gasteiger charge is -2.22. The molecule has 8 heteroatoms. The minimum Gasteiger partial charge on any atom is -0.467 e. The Bertz CT molecular complexity index is 675. The minimum atomic E-state index is -1.41. The number of ether oxygens (including phenoxy) is 1. The molecule has 4 atom stereocenters. The number of aryl methyl sites for hydroxylation is 1. The topological polar surface area (TPSA) is 132 Å². The van der Waals surface area contributed by atoms with Crippen molar-refractivity contribution in [2.24, 2.45) is 5.92 Å². The van der Waals surface area contributed by atoms with E-state index in [4.69, 9.17) is 4.74 Å². The van der Waals surface area contributed by atoms with Crippen molar-refractivity contribution in [3.05, 3.63) is 35.4 Å². The Hall–Kier alpha value is -2.45. The number of rotatable bonds is 9. The minimum absolute atomic E-state index is 0.164. The van der Waals surface area contributed by atoms with E-state index in [1.807, 2.05) is 32.9 Å². The Morgan fingerprint density at radius 1 is 1.07 bits per heavy atom. The van der Waals surface area contributed by atoms with Crippen LogP contribution in [0.2, 0.25) is 0 Å². The summed E-state index contributed by atoms with van der Waals surface area (Å²) in [5.74, 6) is -1.62. The summed E-state index contributed by atoms with van der Waals surface area (Å²) in [6.45, 7) is 7.26. The molecule has 1 aromatic rings. The number of carbonyl (C=O) groups excluding carboxylic acids is 3. The second-order valence-corrected chi connectivity index (χ2v) is 7.41. The fraction of sp³-hybridized carbons (Fsp3) is 0.550. The van der Waals surface area contributed by atoms with Gasteiger partial charge in [0.05, 0.1) is 7.11 Å². The number of hydrogen-bond donors (Lipinski definition) is 4. The zero-order chi connectivity index (χ0) is 21.4. The lowest BCUT2D eigenvalue weighted by atomic mass is 10.0. The van der Waals surface area contributed by atoms with Crippen LogP contribution in [0.15, 0.2) is 24.3 Å². The van der Waals surface area contributed by atoms with Crippen LogP contribution in [0.3, 0.4) is 0 Å². The normalized spacial score (nSPS) is 15.3. The van der Waals surface area contributed by atoms with Crippen LogP contribution in [0.1, 0.15) is 44.4 Å². The van der Waals surface area contributed by atoms with Gasteiger partial charge in [-0.1, -0.05) is 43.7 Å². The van der Waals surface area contributed by atoms with Crippen LogP contribution < -0.4 is 16.4 Å². The molecule has 28 heavy (non-hydrogen) atoms. The van der Waals surface area contributed by atoms with Crippen molar-refractivity contribution < 1.29 is 30.0 Å². The first-order valence-electron chi connectivity index (χ1n) is 9.33. The molecule has 1 aromatic carbocycles. The molecule has 0 aliphatic rings. The number of nitrogens with one attached hydrogen (secondary N) is 2. The first-order valence-corrected chi connectivity index (χ1v) is 9.33. The standard InChI is InChI=1S/C20H31N3O5/c1-11(2)10-15(20(27)28-5)23-18(25)13(4)22-19(26)17(24)16(21)14-8-6-12(3)7-9-14/h6-9,11,13,15-17,24H,10,21H2,1-5H3,(H,22,26)(H,23,25)/p+1/t13-,15+,16+,17-/m0/s1. The molecule has 8 nitrogen and oxygen atoms in total. The molecule has 0 aliphatic heterocycles. The van der Waals surface area contributed by atoms with Gasteiger partial charge in [-0.3, -0.25) is 9.59 Å². The number of quaternary nitrogens is 1. The van der Waals surface area contributed by atoms with E-state index in [9.17, 15) is 19.5 Å². The van der Waals surface area contributed by atoms with Crippen LogP contribution in [0.25, 0.3) is 0 Å². The Morgan fingerprint density at radius 2 is 1.64 bits per heavy atom. The van der Waals surface area contributed by atoms with Crippen LogP contribution in [0, 0.1) is 12.8 Å². The molecule has 6 N–H and O–H groups in total. The molecule has 0 heterocycles. The van der Waals surface area contributed by atoms with Gasteiger partial charge in [-0.15, -0.1) is 0 Å². The van der Waals surface area contributed by atoms with Gasteiger partial charge < -0.3 is 26.2 Å². The summed E-state index contributed by atoms with van der Waals surface area (Å²) in [4.78, 5) is 36.5. The molecule has 2 amide bonds. The van der Waals surface area contributed by atoms with Crippen LogP contribution in [0.5, 0.6) is 0 Å². The number of esters is 1. The lowest BCUT2D eigenvalue weighted by molar-refractivity contribution is -0.440. The van der Waals surface area contributed by atoms with Gasteiger partial charge in [0.2, 0.25) is 5.91 Å². The molecule has 0 aromatic heterocycles. The average Bonchev–Trinajstić information content (AvgIpc) is 2.65. The van der Waals surface area contributed by atoms with Gasteiger partial charge in [-0.2, -0.15) is 0 Å². The number of aliphatic hydroxyl groups is 1. The van der Waals surface area contributed by atoms with Crippen LogP contribution in [-0.4, -0.2) is 48.2 Å². The SMILES string of the molecule is COC(=O)[C@@H](CC(C)C)NC(=O)[C@H](C)NC(=O)[C@@H](O)[C@H]([NH3+])c1ccc(C)cc1. The Morgan fingerprint density at radius 3 is 2.14 bits per heavy atom. The summed E-state index contributed by atoms with van der Waals surface area (Å²) in [7, 11) is 1.25. The van der Waals surface area contributed by atoms with Crippen LogP contribution >= 0.6 is 0 Å². The first kappa shape index (κ1) is 23.6. The largest absolute Gasteiger partial charge is 0.467 e. The average molecular weight is 394 g/mol. The Labute approximate surface area is 165 Å². The van der Waals surface area contributed by atoms with Crippen molar-refractivity contribution in [1.29, 1.82) is 0 Å². The van der Waals surface area contributed by atoms with E-state index in [0.717, 1.165) is 5.56 Å². The van der Waals surface area contributed by atoms with Gasteiger partial charge in [-0.05, 0) is 26.2 Å². The fourth-order valence-electron chi connectivity index (χ4n) is 2.67. The summed E-state index contributed by atoms with van der Waals surface area (Å²) in [6.07, 6.45) is -0.999. The summed E-state index contributed by atoms with van der Waals surface area (Å²) >= 11 is 0. The second-order valence-electron chi connectivity index (χ2n) is 7.41. The van der Waals surface area contributed by atoms with Crippen LogP contribution in [0.4, 0.5) is 0 Å². The van der Waals surface area contributed by atoms with E-state index >= 15 is 0 Å². The van der Waals surface area contributed by atoms with Crippen molar-refractivity contribution in [2.45, 2.75) is 58.3 Å². The van der Waals surface area contributed by atoms with E-state index in [0.29, 0.717) is 12.0 Å². The van der Waals surface area contributed by atoms with E-state index in [1.54, 1.807) is 12.1 Å². The highest BCUT2D eigenvalue weighted by Gasteiger charge is 2.31. The lowest BCUT2D eigenvalue weighted by Crippen LogP contribution is -2.63. The van der Waals surface area contributed by atoms with Gasteiger partial charge in [0.1, 0.15) is 18.1 Å². The Kier molecular flexibility index (Phi) is 9.08. The van der Waals surface area contributed by atoms with Crippen molar-refractivity contribution in [3.63, 3.8) is 0 Å². The molecule has 0 aliphatic carbocycles. The smallest absolute Gasteiger partial charge is 0.328 e. The molecular formula is C20H32N3O5+. The van der Waals surface area contributed by atoms with E-state index in [1.165, 1.54) is 14.0 Å². The molecule has 156 valence electrons. The number of benzene rings is 1. The number of hydrogen-bond acceptors (Lipinski definition) is 5. The number of carbonyl (C=O) groups is 3. The van der Waals surface area contributed by atoms with Gasteiger partial charge >= 0.3 is 5.97 Å². The van der Waals surface area contributed by atoms with E-state index in [-0.39, 0.29) is 5.92 Å². The summed E-state index contributed by atoms with van der Waals surface area (Å²) in [5.41, 5.74) is 5.63. The predicted molar refractivity (Wildman–Crippen MR) is 104 cm³/mol. The van der Waals surface area contributed by atoms with Crippen molar-refractivity contribution in [3.8, 4) is 0 Å². The highest BCUT2D eigenvalue weighted by atomic mass is 16.5. The highest BCUT2D eigenvalue weighted by Crippen LogP contribution is 2.14. The first-order chi connectivity index (χ1) is 13.1. The molecule has 0 spiro atoms. The predicted octanol–water partition coefficient (Wildman–Crippen LogP) is -0.152. The van der Waals surface area contributed by atoms with E-state index < -0.39 is 42.0 Å². The monoisotopic (exact) mass is 394 g/mol.